The molecule has 0 saturated carbocycles. The van der Waals surface area contributed by atoms with Gasteiger partial charge in [-0.05, 0) is 36.8 Å². The molecule has 0 spiro atoms. The van der Waals surface area contributed by atoms with Gasteiger partial charge < -0.3 is 4.29 Å². The predicted octanol–water partition coefficient (Wildman–Crippen LogP) is 5.85. The summed E-state index contributed by atoms with van der Waals surface area (Å²) >= 11 is 5.54. The quantitative estimate of drug-likeness (QED) is 0.642. The fourth-order valence-corrected chi connectivity index (χ4v) is 2.24. The summed E-state index contributed by atoms with van der Waals surface area (Å²) < 4.78 is 4.98. The first-order chi connectivity index (χ1) is 8.24. The van der Waals surface area contributed by atoms with E-state index in [0.29, 0.717) is 5.92 Å². The molecular weight excluding hydrogens is 232 g/mol. The molecule has 0 saturated heterocycles. The molecule has 1 aromatic carbocycles. The number of halogens is 1. The van der Waals surface area contributed by atoms with E-state index in [4.69, 9.17) is 16.2 Å². The van der Waals surface area contributed by atoms with Crippen LogP contribution in [-0.2, 0) is 0 Å². The minimum absolute atomic E-state index is 0.559. The van der Waals surface area contributed by atoms with Gasteiger partial charge in [0.25, 0.3) is 0 Å². The average Bonchev–Trinajstić information content (AvgIpc) is 2.38. The summed E-state index contributed by atoms with van der Waals surface area (Å²) in [6.45, 7) is 10.4. The van der Waals surface area contributed by atoms with Gasteiger partial charge in [0.2, 0.25) is 0 Å². The molecule has 0 aliphatic heterocycles. The van der Waals surface area contributed by atoms with Crippen molar-refractivity contribution in [2.45, 2.75) is 59.8 Å². The van der Waals surface area contributed by atoms with E-state index in [9.17, 15) is 0 Å². The molecule has 1 rings (SSSR count). The van der Waals surface area contributed by atoms with Gasteiger partial charge in [-0.3, -0.25) is 0 Å². The summed E-state index contributed by atoms with van der Waals surface area (Å²) in [6.07, 6.45) is 3.51. The van der Waals surface area contributed by atoms with Crippen LogP contribution in [0.3, 0.4) is 0 Å². The van der Waals surface area contributed by atoms with Gasteiger partial charge in [0.15, 0.2) is 5.75 Å². The van der Waals surface area contributed by atoms with Crippen LogP contribution in [0.15, 0.2) is 18.2 Å². The monoisotopic (exact) mass is 256 g/mol. The molecule has 17 heavy (non-hydrogen) atoms. The number of aryl methyl sites for hydroxylation is 1. The first-order valence-electron chi connectivity index (χ1n) is 6.62. The Bertz CT molecular complexity index is 310. The minimum Gasteiger partial charge on any atom is -0.385 e. The highest BCUT2D eigenvalue weighted by Gasteiger charge is 2.15. The fraction of sp³-hybridized carbons (Fsp3) is 0.600. The maximum atomic E-state index is 5.54. The number of hydrogen-bond acceptors (Lipinski definition) is 1. The highest BCUT2D eigenvalue weighted by Crippen LogP contribution is 2.35. The minimum atomic E-state index is 0.559. The molecule has 1 aromatic rings. The second-order valence-electron chi connectivity index (χ2n) is 3.96. The Hall–Kier alpha value is -0.690. The highest BCUT2D eigenvalue weighted by molar-refractivity contribution is 6.09. The van der Waals surface area contributed by atoms with E-state index in [-0.39, 0.29) is 0 Å². The number of hydrogen-bond donors (Lipinski definition) is 0. The summed E-state index contributed by atoms with van der Waals surface area (Å²) in [4.78, 5) is 0. The second kappa shape index (κ2) is 9.35. The van der Waals surface area contributed by atoms with E-state index < -0.39 is 0 Å². The van der Waals surface area contributed by atoms with Crippen LogP contribution in [0.5, 0.6) is 5.75 Å². The van der Waals surface area contributed by atoms with Crippen LogP contribution in [-0.4, -0.2) is 0 Å². The molecule has 0 N–H and O–H groups in total. The van der Waals surface area contributed by atoms with Crippen LogP contribution >= 0.6 is 11.9 Å². The Kier molecular flexibility index (Phi) is 8.97. The number of para-hydroxylation sites is 1. The standard InChI is InChI=1S/C13H19ClO.C2H6/c1-4-7-11(5-2)12-9-6-8-10(3)13(12)15-14;1-2/h6,8-9,11H,4-5,7H2,1-3H3;1-2H3. The van der Waals surface area contributed by atoms with Crippen molar-refractivity contribution in [2.24, 2.45) is 0 Å². The summed E-state index contributed by atoms with van der Waals surface area (Å²) in [5.74, 6) is 1.41. The molecule has 1 unspecified atom stereocenters. The Labute approximate surface area is 111 Å². The molecule has 1 nitrogen and oxygen atoms in total. The summed E-state index contributed by atoms with van der Waals surface area (Å²) in [6, 6.07) is 6.22. The topological polar surface area (TPSA) is 9.23 Å². The van der Waals surface area contributed by atoms with Crippen LogP contribution in [0.25, 0.3) is 0 Å². The van der Waals surface area contributed by atoms with E-state index in [1.54, 1.807) is 0 Å². The van der Waals surface area contributed by atoms with Crippen LogP contribution < -0.4 is 4.29 Å². The molecule has 0 aliphatic rings. The van der Waals surface area contributed by atoms with Gasteiger partial charge >= 0.3 is 0 Å². The van der Waals surface area contributed by atoms with E-state index in [1.165, 1.54) is 18.4 Å². The molecule has 0 bridgehead atoms. The van der Waals surface area contributed by atoms with Gasteiger partial charge in [-0.25, -0.2) is 0 Å². The van der Waals surface area contributed by atoms with E-state index >= 15 is 0 Å². The summed E-state index contributed by atoms with van der Waals surface area (Å²) in [5, 5.41) is 0. The van der Waals surface area contributed by atoms with Crippen LogP contribution in [0, 0.1) is 6.92 Å². The van der Waals surface area contributed by atoms with Gasteiger partial charge in [0.1, 0.15) is 11.9 Å². The average molecular weight is 257 g/mol. The Morgan fingerprint density at radius 2 is 1.88 bits per heavy atom. The SMILES string of the molecule is CC.CCCC(CC)c1cccc(C)c1OCl. The van der Waals surface area contributed by atoms with Crippen molar-refractivity contribution in [1.82, 2.24) is 0 Å². The van der Waals surface area contributed by atoms with Gasteiger partial charge in [-0.15, -0.1) is 0 Å². The summed E-state index contributed by atoms with van der Waals surface area (Å²) in [7, 11) is 0. The van der Waals surface area contributed by atoms with E-state index in [1.807, 2.05) is 26.8 Å². The Balaban J connectivity index is 0.00000121. The first-order valence-corrected chi connectivity index (χ1v) is 6.93. The van der Waals surface area contributed by atoms with Crippen molar-refractivity contribution in [3.05, 3.63) is 29.3 Å². The third kappa shape index (κ3) is 4.59. The van der Waals surface area contributed by atoms with Crippen molar-refractivity contribution in [3.8, 4) is 5.75 Å². The van der Waals surface area contributed by atoms with E-state index in [2.05, 4.69) is 26.0 Å². The molecule has 0 aliphatic carbocycles. The zero-order chi connectivity index (χ0) is 13.3. The molecule has 1 atom stereocenters. The molecule has 0 heterocycles. The van der Waals surface area contributed by atoms with Gasteiger partial charge in [0, 0.05) is 0 Å². The second-order valence-corrected chi connectivity index (χ2v) is 4.12. The Morgan fingerprint density at radius 3 is 2.35 bits per heavy atom. The molecule has 98 valence electrons. The maximum Gasteiger partial charge on any atom is 0.152 e. The van der Waals surface area contributed by atoms with Gasteiger partial charge in [0.05, 0.1) is 0 Å². The van der Waals surface area contributed by atoms with Crippen LogP contribution in [0.2, 0.25) is 0 Å². The lowest BCUT2D eigenvalue weighted by Gasteiger charge is -2.17. The zero-order valence-corrected chi connectivity index (χ0v) is 12.5. The third-order valence-corrected chi connectivity index (χ3v) is 3.04. The van der Waals surface area contributed by atoms with Crippen molar-refractivity contribution in [2.75, 3.05) is 0 Å². The molecule has 0 radical (unpaired) electrons. The lowest BCUT2D eigenvalue weighted by atomic mass is 9.90. The predicted molar refractivity (Wildman–Crippen MR) is 76.9 cm³/mol. The largest absolute Gasteiger partial charge is 0.385 e. The van der Waals surface area contributed by atoms with Crippen molar-refractivity contribution in [3.63, 3.8) is 0 Å². The lowest BCUT2D eigenvalue weighted by molar-refractivity contribution is 0.547. The van der Waals surface area contributed by atoms with Gasteiger partial charge in [-0.2, -0.15) is 0 Å². The summed E-state index contributed by atoms with van der Waals surface area (Å²) in [5.41, 5.74) is 2.35. The van der Waals surface area contributed by atoms with Crippen LogP contribution in [0.4, 0.5) is 0 Å². The molecule has 2 heteroatoms. The molecular formula is C15H25ClO. The number of benzene rings is 1. The molecule has 0 amide bonds. The maximum absolute atomic E-state index is 5.54. The van der Waals surface area contributed by atoms with Crippen molar-refractivity contribution >= 4 is 11.9 Å². The third-order valence-electron chi connectivity index (χ3n) is 2.89. The lowest BCUT2D eigenvalue weighted by Crippen LogP contribution is -2.00. The van der Waals surface area contributed by atoms with Gasteiger partial charge in [-0.1, -0.05) is 52.3 Å². The highest BCUT2D eigenvalue weighted by atomic mass is 35.5. The number of rotatable bonds is 5. The first kappa shape index (κ1) is 16.3. The molecule has 0 aromatic heterocycles. The van der Waals surface area contributed by atoms with Crippen LogP contribution in [0.1, 0.15) is 64.0 Å². The molecule has 0 fully saturated rings. The van der Waals surface area contributed by atoms with E-state index in [0.717, 1.165) is 17.7 Å². The van der Waals surface area contributed by atoms with Crippen molar-refractivity contribution in [1.29, 1.82) is 0 Å². The zero-order valence-electron chi connectivity index (χ0n) is 11.7. The fourth-order valence-electron chi connectivity index (χ4n) is 2.03. The smallest absolute Gasteiger partial charge is 0.152 e. The normalized spacial score (nSPS) is 11.4. The van der Waals surface area contributed by atoms with Crippen molar-refractivity contribution < 1.29 is 4.29 Å². The Morgan fingerprint density at radius 1 is 1.24 bits per heavy atom.